The van der Waals surface area contributed by atoms with Gasteiger partial charge in [0.1, 0.15) is 5.01 Å². The van der Waals surface area contributed by atoms with E-state index < -0.39 is 0 Å². The second-order valence-corrected chi connectivity index (χ2v) is 3.83. The third-order valence-electron chi connectivity index (χ3n) is 1.88. The SMILES string of the molecule is CCC(N)c1nc(CC(=O)OC)cs1. The van der Waals surface area contributed by atoms with Crippen LogP contribution in [-0.4, -0.2) is 18.1 Å². The van der Waals surface area contributed by atoms with Crippen molar-refractivity contribution in [3.8, 4) is 0 Å². The molecule has 1 aromatic rings. The van der Waals surface area contributed by atoms with Crippen LogP contribution >= 0.6 is 11.3 Å². The second kappa shape index (κ2) is 5.07. The van der Waals surface area contributed by atoms with Gasteiger partial charge in [0.25, 0.3) is 0 Å². The van der Waals surface area contributed by atoms with E-state index in [1.165, 1.54) is 18.4 Å². The van der Waals surface area contributed by atoms with Crippen molar-refractivity contribution in [3.63, 3.8) is 0 Å². The number of esters is 1. The molecule has 5 heteroatoms. The maximum absolute atomic E-state index is 10.9. The van der Waals surface area contributed by atoms with Gasteiger partial charge in [-0.2, -0.15) is 0 Å². The quantitative estimate of drug-likeness (QED) is 0.766. The summed E-state index contributed by atoms with van der Waals surface area (Å²) in [5, 5.41) is 2.73. The molecule has 0 spiro atoms. The van der Waals surface area contributed by atoms with E-state index >= 15 is 0 Å². The first-order chi connectivity index (χ1) is 6.67. The average Bonchev–Trinajstić information content (AvgIpc) is 2.65. The van der Waals surface area contributed by atoms with E-state index in [9.17, 15) is 4.79 Å². The molecule has 14 heavy (non-hydrogen) atoms. The lowest BCUT2D eigenvalue weighted by molar-refractivity contribution is -0.139. The largest absolute Gasteiger partial charge is 0.469 e. The fourth-order valence-electron chi connectivity index (χ4n) is 0.969. The summed E-state index contributed by atoms with van der Waals surface area (Å²) < 4.78 is 4.54. The van der Waals surface area contributed by atoms with Crippen molar-refractivity contribution >= 4 is 17.3 Å². The molecule has 0 saturated carbocycles. The first kappa shape index (κ1) is 11.1. The highest BCUT2D eigenvalue weighted by Gasteiger charge is 2.11. The van der Waals surface area contributed by atoms with E-state index in [0.29, 0.717) is 0 Å². The first-order valence-electron chi connectivity index (χ1n) is 4.44. The molecule has 0 radical (unpaired) electrons. The van der Waals surface area contributed by atoms with E-state index in [-0.39, 0.29) is 18.4 Å². The fraction of sp³-hybridized carbons (Fsp3) is 0.556. The molecular weight excluding hydrogens is 200 g/mol. The van der Waals surface area contributed by atoms with Gasteiger partial charge in [0.15, 0.2) is 0 Å². The Morgan fingerprint density at radius 3 is 3.07 bits per heavy atom. The number of hydrogen-bond acceptors (Lipinski definition) is 5. The summed E-state index contributed by atoms with van der Waals surface area (Å²) in [7, 11) is 1.37. The van der Waals surface area contributed by atoms with Crippen LogP contribution in [0.3, 0.4) is 0 Å². The molecule has 1 rings (SSSR count). The van der Waals surface area contributed by atoms with Crippen LogP contribution in [-0.2, 0) is 16.0 Å². The molecule has 0 bridgehead atoms. The maximum atomic E-state index is 10.9. The number of carbonyl (C=O) groups is 1. The summed E-state index contributed by atoms with van der Waals surface area (Å²) in [6, 6.07) is -0.0219. The lowest BCUT2D eigenvalue weighted by Crippen LogP contribution is -2.09. The van der Waals surface area contributed by atoms with E-state index in [1.807, 2.05) is 12.3 Å². The summed E-state index contributed by atoms with van der Waals surface area (Å²) >= 11 is 1.49. The zero-order valence-electron chi connectivity index (χ0n) is 8.32. The van der Waals surface area contributed by atoms with Crippen LogP contribution in [0.2, 0.25) is 0 Å². The molecule has 2 N–H and O–H groups in total. The van der Waals surface area contributed by atoms with E-state index in [0.717, 1.165) is 17.1 Å². The molecule has 4 nitrogen and oxygen atoms in total. The van der Waals surface area contributed by atoms with Crippen molar-refractivity contribution in [3.05, 3.63) is 16.1 Å². The van der Waals surface area contributed by atoms with E-state index in [4.69, 9.17) is 5.73 Å². The molecule has 1 unspecified atom stereocenters. The number of nitrogens with zero attached hydrogens (tertiary/aromatic N) is 1. The first-order valence-corrected chi connectivity index (χ1v) is 5.32. The number of ether oxygens (including phenoxy) is 1. The average molecular weight is 214 g/mol. The van der Waals surface area contributed by atoms with Gasteiger partial charge in [-0.05, 0) is 6.42 Å². The number of rotatable bonds is 4. The van der Waals surface area contributed by atoms with Crippen LogP contribution < -0.4 is 5.73 Å². The lowest BCUT2D eigenvalue weighted by Gasteiger charge is -2.02. The van der Waals surface area contributed by atoms with Crippen molar-refractivity contribution in [2.75, 3.05) is 7.11 Å². The van der Waals surface area contributed by atoms with Crippen molar-refractivity contribution in [2.45, 2.75) is 25.8 Å². The summed E-state index contributed by atoms with van der Waals surface area (Å²) in [4.78, 5) is 15.2. The molecule has 0 saturated heterocycles. The molecule has 0 aliphatic carbocycles. The standard InChI is InChI=1S/C9H14N2O2S/c1-3-7(10)9-11-6(5-14-9)4-8(12)13-2/h5,7H,3-4,10H2,1-2H3. The van der Waals surface area contributed by atoms with Crippen LogP contribution in [0.15, 0.2) is 5.38 Å². The molecule has 78 valence electrons. The van der Waals surface area contributed by atoms with Gasteiger partial charge in [-0.15, -0.1) is 11.3 Å². The second-order valence-electron chi connectivity index (χ2n) is 2.94. The molecule has 0 amide bonds. The van der Waals surface area contributed by atoms with Crippen LogP contribution in [0.4, 0.5) is 0 Å². The summed E-state index contributed by atoms with van der Waals surface area (Å²) in [6.45, 7) is 2.01. The minimum atomic E-state index is -0.271. The molecule has 0 aromatic carbocycles. The van der Waals surface area contributed by atoms with Crippen LogP contribution in [0.5, 0.6) is 0 Å². The Hall–Kier alpha value is -0.940. The lowest BCUT2D eigenvalue weighted by atomic mass is 10.2. The number of thiazole rings is 1. The molecule has 0 aliphatic rings. The van der Waals surface area contributed by atoms with Gasteiger partial charge < -0.3 is 10.5 Å². The monoisotopic (exact) mass is 214 g/mol. The third kappa shape index (κ3) is 2.78. The molecule has 0 fully saturated rings. The highest BCUT2D eigenvalue weighted by atomic mass is 32.1. The Labute approximate surface area is 87.1 Å². The summed E-state index contributed by atoms with van der Waals surface area (Å²) in [6.07, 6.45) is 1.08. The van der Waals surface area contributed by atoms with Gasteiger partial charge in [-0.3, -0.25) is 4.79 Å². The van der Waals surface area contributed by atoms with Crippen molar-refractivity contribution in [1.29, 1.82) is 0 Å². The van der Waals surface area contributed by atoms with E-state index in [2.05, 4.69) is 9.72 Å². The Balaban J connectivity index is 2.63. The topological polar surface area (TPSA) is 65.2 Å². The number of methoxy groups -OCH3 is 1. The fourth-order valence-corrected chi connectivity index (χ4v) is 1.87. The van der Waals surface area contributed by atoms with Gasteiger partial charge in [0.2, 0.25) is 0 Å². The minimum absolute atomic E-state index is 0.0219. The Morgan fingerprint density at radius 2 is 2.50 bits per heavy atom. The molecule has 1 atom stereocenters. The zero-order chi connectivity index (χ0) is 10.6. The minimum Gasteiger partial charge on any atom is -0.469 e. The third-order valence-corrected chi connectivity index (χ3v) is 2.91. The van der Waals surface area contributed by atoms with Gasteiger partial charge in [-0.1, -0.05) is 6.92 Å². The van der Waals surface area contributed by atoms with Crippen LogP contribution in [0.25, 0.3) is 0 Å². The number of hydrogen-bond donors (Lipinski definition) is 1. The Morgan fingerprint density at radius 1 is 1.79 bits per heavy atom. The predicted octanol–water partition coefficient (Wildman–Crippen LogP) is 1.27. The van der Waals surface area contributed by atoms with E-state index in [1.54, 1.807) is 0 Å². The van der Waals surface area contributed by atoms with Crippen molar-refractivity contribution < 1.29 is 9.53 Å². The molecule has 1 heterocycles. The maximum Gasteiger partial charge on any atom is 0.311 e. The summed E-state index contributed by atoms with van der Waals surface area (Å²) in [5.41, 5.74) is 6.54. The molecule has 0 aliphatic heterocycles. The normalized spacial score (nSPS) is 12.5. The Bertz CT molecular complexity index is 312. The smallest absolute Gasteiger partial charge is 0.311 e. The number of aromatic nitrogens is 1. The van der Waals surface area contributed by atoms with Crippen molar-refractivity contribution in [2.24, 2.45) is 5.73 Å². The van der Waals surface area contributed by atoms with Gasteiger partial charge >= 0.3 is 5.97 Å². The number of nitrogens with two attached hydrogens (primary N) is 1. The summed E-state index contributed by atoms with van der Waals surface area (Å²) in [5.74, 6) is -0.271. The predicted molar refractivity (Wildman–Crippen MR) is 55.1 cm³/mol. The zero-order valence-corrected chi connectivity index (χ0v) is 9.13. The van der Waals surface area contributed by atoms with Gasteiger partial charge in [0, 0.05) is 5.38 Å². The van der Waals surface area contributed by atoms with Crippen molar-refractivity contribution in [1.82, 2.24) is 4.98 Å². The highest BCUT2D eigenvalue weighted by molar-refractivity contribution is 7.09. The van der Waals surface area contributed by atoms with Crippen LogP contribution in [0, 0.1) is 0 Å². The van der Waals surface area contributed by atoms with Gasteiger partial charge in [-0.25, -0.2) is 4.98 Å². The molecule has 1 aromatic heterocycles. The number of carbonyl (C=O) groups excluding carboxylic acids is 1. The highest BCUT2D eigenvalue weighted by Crippen LogP contribution is 2.18. The van der Waals surface area contributed by atoms with Crippen LogP contribution in [0.1, 0.15) is 30.1 Å². The Kier molecular flexibility index (Phi) is 4.03. The van der Waals surface area contributed by atoms with Gasteiger partial charge in [0.05, 0.1) is 25.3 Å². The molecular formula is C9H14N2O2S.